The van der Waals surface area contributed by atoms with E-state index in [1.807, 2.05) is 37.3 Å². The molecule has 2 unspecified atom stereocenters. The molecule has 0 aliphatic carbocycles. The van der Waals surface area contributed by atoms with Crippen molar-refractivity contribution in [2.45, 2.75) is 25.4 Å². The molecule has 2 aromatic rings. The van der Waals surface area contributed by atoms with Crippen molar-refractivity contribution in [3.8, 4) is 5.75 Å². The van der Waals surface area contributed by atoms with E-state index in [-0.39, 0.29) is 24.4 Å². The van der Waals surface area contributed by atoms with Crippen LogP contribution in [-0.2, 0) is 0 Å². The van der Waals surface area contributed by atoms with Gasteiger partial charge < -0.3 is 15.5 Å². The average Bonchev–Trinajstić information content (AvgIpc) is 2.51. The quantitative estimate of drug-likeness (QED) is 0.757. The van der Waals surface area contributed by atoms with Crippen molar-refractivity contribution < 1.29 is 10.2 Å². The van der Waals surface area contributed by atoms with E-state index < -0.39 is 0 Å². The maximum Gasteiger partial charge on any atom is 0.115 e. The summed E-state index contributed by atoms with van der Waals surface area (Å²) in [7, 11) is 0. The van der Waals surface area contributed by atoms with Gasteiger partial charge >= 0.3 is 0 Å². The van der Waals surface area contributed by atoms with Crippen LogP contribution in [0.1, 0.15) is 30.5 Å². The Labute approximate surface area is 119 Å². The van der Waals surface area contributed by atoms with Crippen molar-refractivity contribution in [3.63, 3.8) is 0 Å². The predicted molar refractivity (Wildman–Crippen MR) is 80.7 cm³/mol. The Morgan fingerprint density at radius 3 is 2.10 bits per heavy atom. The van der Waals surface area contributed by atoms with Gasteiger partial charge in [-0.15, -0.1) is 0 Å². The molecule has 0 aromatic heterocycles. The molecule has 0 aliphatic rings. The summed E-state index contributed by atoms with van der Waals surface area (Å²) in [6, 6.07) is 17.4. The summed E-state index contributed by atoms with van der Waals surface area (Å²) in [6.07, 6.45) is 0.859. The Hall–Kier alpha value is -1.84. The predicted octanol–water partition coefficient (Wildman–Crippen LogP) is 2.84. The van der Waals surface area contributed by atoms with Crippen LogP contribution in [0.15, 0.2) is 54.6 Å². The normalized spacial score (nSPS) is 13.9. The number of benzene rings is 2. The molecule has 0 aliphatic heterocycles. The highest BCUT2D eigenvalue weighted by molar-refractivity contribution is 5.35. The minimum Gasteiger partial charge on any atom is -0.508 e. The van der Waals surface area contributed by atoms with Gasteiger partial charge in [-0.1, -0.05) is 49.4 Å². The van der Waals surface area contributed by atoms with Crippen molar-refractivity contribution in [2.75, 3.05) is 6.61 Å². The lowest BCUT2D eigenvalue weighted by Crippen LogP contribution is -2.35. The fraction of sp³-hybridized carbons (Fsp3) is 0.294. The van der Waals surface area contributed by atoms with Crippen LogP contribution in [0.5, 0.6) is 5.75 Å². The first-order valence-corrected chi connectivity index (χ1v) is 6.95. The molecule has 3 heteroatoms. The first kappa shape index (κ1) is 14.6. The summed E-state index contributed by atoms with van der Waals surface area (Å²) in [5.74, 6) is 0.259. The van der Waals surface area contributed by atoms with Gasteiger partial charge in [-0.05, 0) is 29.7 Å². The number of phenols is 1. The van der Waals surface area contributed by atoms with Crippen molar-refractivity contribution in [1.29, 1.82) is 0 Å². The number of aliphatic hydroxyl groups is 1. The summed E-state index contributed by atoms with van der Waals surface area (Å²) >= 11 is 0. The van der Waals surface area contributed by atoms with Crippen molar-refractivity contribution in [1.82, 2.24) is 5.32 Å². The van der Waals surface area contributed by atoms with E-state index in [0.29, 0.717) is 0 Å². The molecule has 0 saturated carbocycles. The highest BCUT2D eigenvalue weighted by Gasteiger charge is 2.17. The lowest BCUT2D eigenvalue weighted by atomic mass is 9.97. The van der Waals surface area contributed by atoms with Gasteiger partial charge in [0, 0.05) is 6.04 Å². The highest BCUT2D eigenvalue weighted by Crippen LogP contribution is 2.24. The Morgan fingerprint density at radius 2 is 1.55 bits per heavy atom. The number of aromatic hydroxyl groups is 1. The smallest absolute Gasteiger partial charge is 0.115 e. The van der Waals surface area contributed by atoms with Crippen LogP contribution < -0.4 is 5.32 Å². The molecule has 3 nitrogen and oxygen atoms in total. The van der Waals surface area contributed by atoms with Gasteiger partial charge in [-0.25, -0.2) is 0 Å². The number of nitrogens with one attached hydrogen (secondary N) is 1. The van der Waals surface area contributed by atoms with Gasteiger partial charge in [0.25, 0.3) is 0 Å². The summed E-state index contributed by atoms with van der Waals surface area (Å²) in [5.41, 5.74) is 2.21. The topological polar surface area (TPSA) is 52.5 Å². The third kappa shape index (κ3) is 3.59. The summed E-state index contributed by atoms with van der Waals surface area (Å²) in [6.45, 7) is 2.16. The molecule has 0 fully saturated rings. The van der Waals surface area contributed by atoms with Crippen LogP contribution >= 0.6 is 0 Å². The van der Waals surface area contributed by atoms with Gasteiger partial charge in [0.1, 0.15) is 5.75 Å². The number of phenolic OH excluding ortho intramolecular Hbond substituents is 1. The maximum atomic E-state index is 9.42. The first-order valence-electron chi connectivity index (χ1n) is 6.95. The van der Waals surface area contributed by atoms with E-state index in [9.17, 15) is 10.2 Å². The van der Waals surface area contributed by atoms with E-state index in [4.69, 9.17) is 0 Å². The average molecular weight is 271 g/mol. The zero-order valence-electron chi connectivity index (χ0n) is 11.7. The minimum atomic E-state index is 0.00824. The molecular formula is C17H21NO2. The molecule has 3 N–H and O–H groups in total. The minimum absolute atomic E-state index is 0.00824. The van der Waals surface area contributed by atoms with Crippen LogP contribution in [0.3, 0.4) is 0 Å². The second kappa shape index (κ2) is 7.08. The Bertz CT molecular complexity index is 506. The van der Waals surface area contributed by atoms with Gasteiger partial charge in [0.2, 0.25) is 0 Å². The second-order valence-corrected chi connectivity index (χ2v) is 4.89. The standard InChI is InChI=1S/C17H21NO2/c1-2-15(12-19)18-17(13-6-4-3-5-7-13)14-8-10-16(20)11-9-14/h3-11,15,17-20H,2,12H2,1H3. The molecule has 0 spiro atoms. The summed E-state index contributed by atoms with van der Waals surface area (Å²) in [5, 5.41) is 22.3. The molecular weight excluding hydrogens is 250 g/mol. The van der Waals surface area contributed by atoms with Crippen LogP contribution in [0.4, 0.5) is 0 Å². The fourth-order valence-electron chi connectivity index (χ4n) is 2.23. The van der Waals surface area contributed by atoms with Gasteiger partial charge in [0.15, 0.2) is 0 Å². The van der Waals surface area contributed by atoms with Crippen molar-refractivity contribution >= 4 is 0 Å². The number of aliphatic hydroxyl groups excluding tert-OH is 1. The van der Waals surface area contributed by atoms with E-state index in [2.05, 4.69) is 17.4 Å². The lowest BCUT2D eigenvalue weighted by molar-refractivity contribution is 0.232. The molecule has 20 heavy (non-hydrogen) atoms. The second-order valence-electron chi connectivity index (χ2n) is 4.89. The van der Waals surface area contributed by atoms with Crippen LogP contribution in [0.25, 0.3) is 0 Å². The van der Waals surface area contributed by atoms with Crippen LogP contribution in [0, 0.1) is 0 Å². The van der Waals surface area contributed by atoms with Gasteiger partial charge in [-0.3, -0.25) is 0 Å². The Balaban J connectivity index is 2.31. The molecule has 0 saturated heterocycles. The summed E-state index contributed by atoms with van der Waals surface area (Å²) < 4.78 is 0. The fourth-order valence-corrected chi connectivity index (χ4v) is 2.23. The number of hydrogen-bond donors (Lipinski definition) is 3. The molecule has 0 bridgehead atoms. The van der Waals surface area contributed by atoms with E-state index >= 15 is 0 Å². The number of hydrogen-bond acceptors (Lipinski definition) is 3. The molecule has 0 radical (unpaired) electrons. The third-order valence-electron chi connectivity index (χ3n) is 3.47. The zero-order chi connectivity index (χ0) is 14.4. The Kier molecular flexibility index (Phi) is 5.16. The number of rotatable bonds is 6. The highest BCUT2D eigenvalue weighted by atomic mass is 16.3. The van der Waals surface area contributed by atoms with E-state index in [0.717, 1.165) is 17.5 Å². The van der Waals surface area contributed by atoms with E-state index in [1.165, 1.54) is 0 Å². The van der Waals surface area contributed by atoms with Crippen molar-refractivity contribution in [3.05, 3.63) is 65.7 Å². The van der Waals surface area contributed by atoms with Crippen molar-refractivity contribution in [2.24, 2.45) is 0 Å². The zero-order valence-corrected chi connectivity index (χ0v) is 11.7. The molecule has 106 valence electrons. The van der Waals surface area contributed by atoms with Crippen LogP contribution in [-0.4, -0.2) is 22.9 Å². The molecule has 0 amide bonds. The largest absolute Gasteiger partial charge is 0.508 e. The van der Waals surface area contributed by atoms with Gasteiger partial charge in [-0.2, -0.15) is 0 Å². The maximum absolute atomic E-state index is 9.42. The molecule has 2 rings (SSSR count). The first-order chi connectivity index (χ1) is 9.74. The van der Waals surface area contributed by atoms with Crippen LogP contribution in [0.2, 0.25) is 0 Å². The van der Waals surface area contributed by atoms with Gasteiger partial charge in [0.05, 0.1) is 12.6 Å². The lowest BCUT2D eigenvalue weighted by Gasteiger charge is -2.25. The monoisotopic (exact) mass is 271 g/mol. The summed E-state index contributed by atoms with van der Waals surface area (Å²) in [4.78, 5) is 0. The van der Waals surface area contributed by atoms with E-state index in [1.54, 1.807) is 12.1 Å². The molecule has 2 aromatic carbocycles. The Morgan fingerprint density at radius 1 is 0.950 bits per heavy atom. The SMILES string of the molecule is CCC(CO)NC(c1ccccc1)c1ccc(O)cc1. The molecule has 2 atom stereocenters. The third-order valence-corrected chi connectivity index (χ3v) is 3.47. The molecule has 0 heterocycles.